The molecule has 0 aliphatic carbocycles. The van der Waals surface area contributed by atoms with Gasteiger partial charge in [-0.15, -0.1) is 0 Å². The van der Waals surface area contributed by atoms with E-state index in [1.165, 1.54) is 0 Å². The van der Waals surface area contributed by atoms with E-state index in [-0.39, 0.29) is 17.6 Å². The zero-order valence-electron chi connectivity index (χ0n) is 16.3. The second-order valence-electron chi connectivity index (χ2n) is 6.95. The van der Waals surface area contributed by atoms with Crippen molar-refractivity contribution >= 4 is 23.5 Å². The molecular formula is C22H24N2O3. The van der Waals surface area contributed by atoms with Crippen LogP contribution in [0.2, 0.25) is 0 Å². The third kappa shape index (κ3) is 3.58. The standard InChI is InChI=1S/C22H24N2O3/c1-13(2)18-12-19(14(3)10-21(18)25)24-15(4)23-22(26)20(24)11-16-6-8-17(27-5)9-7-16/h6-13,25H,1-5H3/b20-11+. The predicted octanol–water partition coefficient (Wildman–Crippen LogP) is 4.64. The fourth-order valence-electron chi connectivity index (χ4n) is 3.21. The number of carbonyl (C=O) groups excluding carboxylic acids is 1. The Bertz CT molecular complexity index is 941. The molecule has 5 nitrogen and oxygen atoms in total. The molecule has 0 radical (unpaired) electrons. The molecule has 1 heterocycles. The normalized spacial score (nSPS) is 15.6. The summed E-state index contributed by atoms with van der Waals surface area (Å²) in [5.41, 5.74) is 3.94. The monoisotopic (exact) mass is 364 g/mol. The van der Waals surface area contributed by atoms with Gasteiger partial charge in [0.05, 0.1) is 12.8 Å². The number of phenols is 1. The van der Waals surface area contributed by atoms with E-state index in [4.69, 9.17) is 4.74 Å². The molecule has 0 fully saturated rings. The number of methoxy groups -OCH3 is 1. The third-order valence-corrected chi connectivity index (χ3v) is 4.67. The van der Waals surface area contributed by atoms with Gasteiger partial charge >= 0.3 is 0 Å². The molecule has 0 spiro atoms. The smallest absolute Gasteiger partial charge is 0.295 e. The number of aliphatic imine (C=N–C) groups is 1. The zero-order chi connectivity index (χ0) is 19.7. The maximum Gasteiger partial charge on any atom is 0.295 e. The van der Waals surface area contributed by atoms with Gasteiger partial charge in [0.25, 0.3) is 5.91 Å². The van der Waals surface area contributed by atoms with Gasteiger partial charge in [0.15, 0.2) is 0 Å². The molecule has 1 amide bonds. The number of anilines is 1. The molecule has 1 aliphatic heterocycles. The van der Waals surface area contributed by atoms with Crippen molar-refractivity contribution in [3.63, 3.8) is 0 Å². The van der Waals surface area contributed by atoms with Crippen molar-refractivity contribution in [1.29, 1.82) is 0 Å². The molecule has 1 aliphatic rings. The summed E-state index contributed by atoms with van der Waals surface area (Å²) in [6.07, 6.45) is 1.82. The lowest BCUT2D eigenvalue weighted by Crippen LogP contribution is -2.25. The van der Waals surface area contributed by atoms with Gasteiger partial charge in [-0.05, 0) is 66.8 Å². The zero-order valence-corrected chi connectivity index (χ0v) is 16.3. The number of ether oxygens (including phenoxy) is 1. The summed E-state index contributed by atoms with van der Waals surface area (Å²) in [6.45, 7) is 7.78. The van der Waals surface area contributed by atoms with Gasteiger partial charge < -0.3 is 9.84 Å². The van der Waals surface area contributed by atoms with Crippen LogP contribution in [0.1, 0.15) is 43.4 Å². The van der Waals surface area contributed by atoms with E-state index in [1.54, 1.807) is 13.2 Å². The third-order valence-electron chi connectivity index (χ3n) is 4.67. The molecule has 0 saturated heterocycles. The van der Waals surface area contributed by atoms with Crippen molar-refractivity contribution in [3.05, 3.63) is 58.8 Å². The van der Waals surface area contributed by atoms with Crippen LogP contribution >= 0.6 is 0 Å². The van der Waals surface area contributed by atoms with Crippen molar-refractivity contribution in [1.82, 2.24) is 0 Å². The van der Waals surface area contributed by atoms with Gasteiger partial charge in [-0.2, -0.15) is 4.99 Å². The number of carbonyl (C=O) groups is 1. The minimum Gasteiger partial charge on any atom is -0.508 e. The van der Waals surface area contributed by atoms with Crippen LogP contribution in [0.3, 0.4) is 0 Å². The molecule has 0 unspecified atom stereocenters. The highest BCUT2D eigenvalue weighted by molar-refractivity contribution is 6.22. The second kappa shape index (κ2) is 7.27. The minimum absolute atomic E-state index is 0.161. The molecule has 140 valence electrons. The number of phenolic OH excluding ortho intramolecular Hbond substituents is 1. The number of nitrogens with zero attached hydrogens (tertiary/aromatic N) is 2. The summed E-state index contributed by atoms with van der Waals surface area (Å²) in [4.78, 5) is 18.5. The van der Waals surface area contributed by atoms with Crippen LogP contribution in [0.4, 0.5) is 5.69 Å². The first-order valence-electron chi connectivity index (χ1n) is 8.90. The first-order chi connectivity index (χ1) is 12.8. The number of benzene rings is 2. The fourth-order valence-corrected chi connectivity index (χ4v) is 3.21. The predicted molar refractivity (Wildman–Crippen MR) is 108 cm³/mol. The molecule has 0 saturated carbocycles. The maximum absolute atomic E-state index is 12.5. The van der Waals surface area contributed by atoms with Gasteiger partial charge in [0.1, 0.15) is 23.0 Å². The lowest BCUT2D eigenvalue weighted by atomic mass is 9.98. The van der Waals surface area contributed by atoms with Crippen molar-refractivity contribution in [2.75, 3.05) is 12.0 Å². The quantitative estimate of drug-likeness (QED) is 0.803. The van der Waals surface area contributed by atoms with E-state index in [2.05, 4.69) is 4.99 Å². The molecule has 0 atom stereocenters. The van der Waals surface area contributed by atoms with Crippen LogP contribution in [0.5, 0.6) is 11.5 Å². The van der Waals surface area contributed by atoms with Crippen LogP contribution in [0.15, 0.2) is 47.1 Å². The van der Waals surface area contributed by atoms with Gasteiger partial charge in [-0.25, -0.2) is 0 Å². The van der Waals surface area contributed by atoms with Crippen LogP contribution in [-0.4, -0.2) is 24.0 Å². The molecule has 2 aromatic carbocycles. The lowest BCUT2D eigenvalue weighted by molar-refractivity contribution is -0.113. The van der Waals surface area contributed by atoms with E-state index in [0.29, 0.717) is 11.5 Å². The number of amidine groups is 1. The van der Waals surface area contributed by atoms with Gasteiger partial charge in [0.2, 0.25) is 0 Å². The molecule has 1 N–H and O–H groups in total. The number of rotatable bonds is 4. The van der Waals surface area contributed by atoms with Crippen LogP contribution in [0.25, 0.3) is 6.08 Å². The summed E-state index contributed by atoms with van der Waals surface area (Å²) < 4.78 is 5.19. The number of hydrogen-bond acceptors (Lipinski definition) is 4. The van der Waals surface area contributed by atoms with E-state index >= 15 is 0 Å². The lowest BCUT2D eigenvalue weighted by Gasteiger charge is -2.24. The SMILES string of the molecule is COc1ccc(/C=C2\C(=O)N=C(C)N2c2cc(C(C)C)c(O)cc2C)cc1. The summed E-state index contributed by atoms with van der Waals surface area (Å²) in [5.74, 6) is 1.53. The number of hydrogen-bond donors (Lipinski definition) is 1. The molecule has 27 heavy (non-hydrogen) atoms. The van der Waals surface area contributed by atoms with Crippen molar-refractivity contribution < 1.29 is 14.6 Å². The second-order valence-corrected chi connectivity index (χ2v) is 6.95. The first-order valence-corrected chi connectivity index (χ1v) is 8.90. The molecule has 5 heteroatoms. The number of amides is 1. The van der Waals surface area contributed by atoms with E-state index in [9.17, 15) is 9.90 Å². The average molecular weight is 364 g/mol. The van der Waals surface area contributed by atoms with Crippen molar-refractivity contribution in [2.45, 2.75) is 33.6 Å². The summed E-state index contributed by atoms with van der Waals surface area (Å²) in [5, 5.41) is 10.3. The molecule has 2 aromatic rings. The number of aromatic hydroxyl groups is 1. The Labute approximate surface area is 159 Å². The van der Waals surface area contributed by atoms with Gasteiger partial charge in [-0.3, -0.25) is 9.69 Å². The summed E-state index contributed by atoms with van der Waals surface area (Å²) in [6, 6.07) is 11.2. The van der Waals surface area contributed by atoms with Crippen molar-refractivity contribution in [3.8, 4) is 11.5 Å². The molecule has 0 aromatic heterocycles. The fraction of sp³-hybridized carbons (Fsp3) is 0.273. The largest absolute Gasteiger partial charge is 0.508 e. The highest BCUT2D eigenvalue weighted by Crippen LogP contribution is 2.36. The Morgan fingerprint density at radius 2 is 1.81 bits per heavy atom. The van der Waals surface area contributed by atoms with E-state index in [1.807, 2.05) is 69.0 Å². The Morgan fingerprint density at radius 1 is 1.15 bits per heavy atom. The molecular weight excluding hydrogens is 340 g/mol. The Morgan fingerprint density at radius 3 is 2.41 bits per heavy atom. The van der Waals surface area contributed by atoms with Crippen molar-refractivity contribution in [2.24, 2.45) is 4.99 Å². The minimum atomic E-state index is -0.276. The first kappa shape index (κ1) is 18.7. The van der Waals surface area contributed by atoms with E-state index < -0.39 is 0 Å². The maximum atomic E-state index is 12.5. The van der Waals surface area contributed by atoms with Crippen LogP contribution < -0.4 is 9.64 Å². The summed E-state index contributed by atoms with van der Waals surface area (Å²) in [7, 11) is 1.62. The highest BCUT2D eigenvalue weighted by Gasteiger charge is 2.30. The van der Waals surface area contributed by atoms with Crippen LogP contribution in [0, 0.1) is 6.92 Å². The molecule has 3 rings (SSSR count). The summed E-state index contributed by atoms with van der Waals surface area (Å²) >= 11 is 0. The van der Waals surface area contributed by atoms with Gasteiger partial charge in [0, 0.05) is 0 Å². The topological polar surface area (TPSA) is 62.1 Å². The Hall–Kier alpha value is -3.08. The van der Waals surface area contributed by atoms with Crippen LogP contribution in [-0.2, 0) is 4.79 Å². The highest BCUT2D eigenvalue weighted by atomic mass is 16.5. The van der Waals surface area contributed by atoms with Gasteiger partial charge in [-0.1, -0.05) is 26.0 Å². The average Bonchev–Trinajstić information content (AvgIpc) is 2.89. The van der Waals surface area contributed by atoms with E-state index in [0.717, 1.165) is 28.1 Å². The Kier molecular flexibility index (Phi) is 5.04. The number of aryl methyl sites for hydroxylation is 1. The molecule has 0 bridgehead atoms. The Balaban J connectivity index is 2.09.